The van der Waals surface area contributed by atoms with Gasteiger partial charge in [-0.3, -0.25) is 4.79 Å². The van der Waals surface area contributed by atoms with Gasteiger partial charge in [0.05, 0.1) is 5.92 Å². The first kappa shape index (κ1) is 7.25. The van der Waals surface area contributed by atoms with Gasteiger partial charge in [-0.2, -0.15) is 5.10 Å². The molecule has 0 fully saturated rings. The Balaban J connectivity index is 2.27. The van der Waals surface area contributed by atoms with Crippen LogP contribution in [0.3, 0.4) is 0 Å². The van der Waals surface area contributed by atoms with Gasteiger partial charge >= 0.3 is 0 Å². The van der Waals surface area contributed by atoms with Crippen LogP contribution in [-0.4, -0.2) is 12.1 Å². The molecule has 0 aromatic heterocycles. The number of hydrogen-bond acceptors (Lipinski definition) is 2. The molecular formula is C7H12N2O. The lowest BCUT2D eigenvalue weighted by Crippen LogP contribution is -2.19. The molecule has 1 amide bonds. The Morgan fingerprint density at radius 1 is 1.80 bits per heavy atom. The van der Waals surface area contributed by atoms with Crippen molar-refractivity contribution < 1.29 is 4.79 Å². The number of rotatable bonds is 3. The van der Waals surface area contributed by atoms with E-state index in [-0.39, 0.29) is 11.8 Å². The van der Waals surface area contributed by atoms with Crippen molar-refractivity contribution in [2.45, 2.75) is 26.2 Å². The molecule has 3 heteroatoms. The van der Waals surface area contributed by atoms with Gasteiger partial charge < -0.3 is 0 Å². The normalized spacial score (nSPS) is 23.3. The lowest BCUT2D eigenvalue weighted by Gasteiger charge is -2.00. The fourth-order valence-corrected chi connectivity index (χ4v) is 0.971. The molecule has 10 heavy (non-hydrogen) atoms. The first-order valence-corrected chi connectivity index (χ1v) is 3.67. The van der Waals surface area contributed by atoms with Crippen molar-refractivity contribution in [1.82, 2.24) is 5.43 Å². The molecule has 1 aliphatic heterocycles. The summed E-state index contributed by atoms with van der Waals surface area (Å²) in [6.45, 7) is 2.12. The highest BCUT2D eigenvalue weighted by atomic mass is 16.2. The van der Waals surface area contributed by atoms with Crippen LogP contribution in [0.1, 0.15) is 26.2 Å². The number of carbonyl (C=O) groups is 1. The molecule has 0 saturated heterocycles. The fraction of sp³-hybridized carbons (Fsp3) is 0.714. The second kappa shape index (κ2) is 3.34. The summed E-state index contributed by atoms with van der Waals surface area (Å²) < 4.78 is 0. The molecule has 1 rings (SSSR count). The minimum Gasteiger partial charge on any atom is -0.272 e. The van der Waals surface area contributed by atoms with E-state index in [0.29, 0.717) is 0 Å². The van der Waals surface area contributed by atoms with Crippen LogP contribution < -0.4 is 5.43 Å². The highest BCUT2D eigenvalue weighted by molar-refractivity contribution is 5.97. The fourth-order valence-electron chi connectivity index (χ4n) is 0.971. The zero-order valence-corrected chi connectivity index (χ0v) is 6.13. The van der Waals surface area contributed by atoms with Crippen LogP contribution in [0.4, 0.5) is 0 Å². The molecule has 1 atom stereocenters. The number of hydrazone groups is 1. The SMILES string of the molecule is CCCCC1C=NNC1=O. The Morgan fingerprint density at radius 2 is 2.60 bits per heavy atom. The van der Waals surface area contributed by atoms with E-state index in [9.17, 15) is 4.79 Å². The molecule has 56 valence electrons. The molecule has 1 N–H and O–H groups in total. The standard InChI is InChI=1S/C7H12N2O/c1-2-3-4-6-5-8-9-7(6)10/h5-6H,2-4H2,1H3,(H,9,10). The van der Waals surface area contributed by atoms with E-state index in [2.05, 4.69) is 17.5 Å². The highest BCUT2D eigenvalue weighted by Gasteiger charge is 2.18. The van der Waals surface area contributed by atoms with Crippen LogP contribution >= 0.6 is 0 Å². The number of hydrogen-bond donors (Lipinski definition) is 1. The molecule has 0 aromatic carbocycles. The monoisotopic (exact) mass is 140 g/mol. The number of nitrogens with zero attached hydrogens (tertiary/aromatic N) is 1. The Hall–Kier alpha value is -0.860. The van der Waals surface area contributed by atoms with Crippen molar-refractivity contribution in [3.63, 3.8) is 0 Å². The van der Waals surface area contributed by atoms with Crippen LogP contribution in [0, 0.1) is 5.92 Å². The third-order valence-corrected chi connectivity index (χ3v) is 1.63. The van der Waals surface area contributed by atoms with E-state index in [1.807, 2.05) is 0 Å². The molecule has 0 radical (unpaired) electrons. The smallest absolute Gasteiger partial charge is 0.248 e. The van der Waals surface area contributed by atoms with Gasteiger partial charge in [-0.15, -0.1) is 0 Å². The van der Waals surface area contributed by atoms with Crippen molar-refractivity contribution in [1.29, 1.82) is 0 Å². The summed E-state index contributed by atoms with van der Waals surface area (Å²) in [5, 5.41) is 3.67. The highest BCUT2D eigenvalue weighted by Crippen LogP contribution is 2.08. The van der Waals surface area contributed by atoms with Crippen molar-refractivity contribution >= 4 is 12.1 Å². The van der Waals surface area contributed by atoms with Crippen molar-refractivity contribution in [2.75, 3.05) is 0 Å². The minimum atomic E-state index is 0.0416. The summed E-state index contributed by atoms with van der Waals surface area (Å²) in [7, 11) is 0. The maximum atomic E-state index is 10.8. The Morgan fingerprint density at radius 3 is 3.10 bits per heavy atom. The van der Waals surface area contributed by atoms with Gasteiger partial charge in [0.2, 0.25) is 5.91 Å². The average molecular weight is 140 g/mol. The van der Waals surface area contributed by atoms with Crippen molar-refractivity contribution in [2.24, 2.45) is 11.0 Å². The molecule has 1 aliphatic rings. The van der Waals surface area contributed by atoms with Crippen LogP contribution in [0.15, 0.2) is 5.10 Å². The summed E-state index contributed by atoms with van der Waals surface area (Å²) >= 11 is 0. The van der Waals surface area contributed by atoms with E-state index >= 15 is 0 Å². The third-order valence-electron chi connectivity index (χ3n) is 1.63. The van der Waals surface area contributed by atoms with Gasteiger partial charge in [0.1, 0.15) is 0 Å². The average Bonchev–Trinajstić information content (AvgIpc) is 2.31. The Bertz CT molecular complexity index is 154. The molecule has 0 spiro atoms. The molecule has 0 aliphatic carbocycles. The van der Waals surface area contributed by atoms with Gasteiger partial charge in [-0.25, -0.2) is 5.43 Å². The Kier molecular flexibility index (Phi) is 2.42. The van der Waals surface area contributed by atoms with Gasteiger partial charge in [0, 0.05) is 6.21 Å². The minimum absolute atomic E-state index is 0.0416. The topological polar surface area (TPSA) is 41.5 Å². The Labute approximate surface area is 60.5 Å². The zero-order chi connectivity index (χ0) is 7.40. The summed E-state index contributed by atoms with van der Waals surface area (Å²) in [6, 6.07) is 0. The van der Waals surface area contributed by atoms with E-state index in [1.54, 1.807) is 6.21 Å². The summed E-state index contributed by atoms with van der Waals surface area (Å²) in [5.74, 6) is 0.0911. The molecule has 3 nitrogen and oxygen atoms in total. The van der Waals surface area contributed by atoms with Crippen molar-refractivity contribution in [3.05, 3.63) is 0 Å². The second-order valence-corrected chi connectivity index (χ2v) is 2.50. The molecule has 0 bridgehead atoms. The van der Waals surface area contributed by atoms with Gasteiger partial charge in [0.25, 0.3) is 0 Å². The van der Waals surface area contributed by atoms with Gasteiger partial charge in [-0.05, 0) is 6.42 Å². The quantitative estimate of drug-likeness (QED) is 0.622. The second-order valence-electron chi connectivity index (χ2n) is 2.50. The number of amides is 1. The van der Waals surface area contributed by atoms with Crippen molar-refractivity contribution in [3.8, 4) is 0 Å². The summed E-state index contributed by atoms with van der Waals surface area (Å²) in [4.78, 5) is 10.8. The van der Waals surface area contributed by atoms with E-state index < -0.39 is 0 Å². The first-order valence-electron chi connectivity index (χ1n) is 3.67. The predicted octanol–water partition coefficient (Wildman–Crippen LogP) is 0.908. The number of nitrogens with one attached hydrogen (secondary N) is 1. The molecule has 1 heterocycles. The van der Waals surface area contributed by atoms with E-state index in [1.165, 1.54) is 0 Å². The van der Waals surface area contributed by atoms with Crippen LogP contribution in [0.2, 0.25) is 0 Å². The predicted molar refractivity (Wildman–Crippen MR) is 39.6 cm³/mol. The number of carbonyl (C=O) groups excluding carboxylic acids is 1. The van der Waals surface area contributed by atoms with Crippen LogP contribution in [0.5, 0.6) is 0 Å². The zero-order valence-electron chi connectivity index (χ0n) is 6.13. The van der Waals surface area contributed by atoms with E-state index in [4.69, 9.17) is 0 Å². The van der Waals surface area contributed by atoms with E-state index in [0.717, 1.165) is 19.3 Å². The number of unbranched alkanes of at least 4 members (excludes halogenated alkanes) is 1. The molecule has 0 saturated carbocycles. The van der Waals surface area contributed by atoms with Crippen LogP contribution in [0.25, 0.3) is 0 Å². The first-order chi connectivity index (χ1) is 4.84. The maximum absolute atomic E-state index is 10.8. The summed E-state index contributed by atoms with van der Waals surface area (Å²) in [5.41, 5.74) is 2.41. The van der Waals surface area contributed by atoms with Crippen LogP contribution in [-0.2, 0) is 4.79 Å². The lowest BCUT2D eigenvalue weighted by atomic mass is 10.0. The third kappa shape index (κ3) is 1.56. The molecule has 1 unspecified atom stereocenters. The molecular weight excluding hydrogens is 128 g/mol. The molecule has 0 aromatic rings. The van der Waals surface area contributed by atoms with Gasteiger partial charge in [0.15, 0.2) is 0 Å². The maximum Gasteiger partial charge on any atom is 0.248 e. The largest absolute Gasteiger partial charge is 0.272 e. The van der Waals surface area contributed by atoms with Gasteiger partial charge in [-0.1, -0.05) is 19.8 Å². The summed E-state index contributed by atoms with van der Waals surface area (Å²) in [6.07, 6.45) is 4.87. The lowest BCUT2D eigenvalue weighted by molar-refractivity contribution is -0.122.